The number of rotatable bonds is 0. The molecule has 0 fully saturated rings. The topological polar surface area (TPSA) is 38.7 Å². The van der Waals surface area contributed by atoms with Gasteiger partial charge >= 0.3 is 0 Å². The highest BCUT2D eigenvalue weighted by Crippen LogP contribution is 2.07. The van der Waals surface area contributed by atoms with Crippen LogP contribution in [0, 0.1) is 48.5 Å². The lowest BCUT2D eigenvalue weighted by molar-refractivity contribution is 1.12. The zero-order valence-electron chi connectivity index (χ0n) is 16.5. The summed E-state index contributed by atoms with van der Waals surface area (Å²) in [6.07, 6.45) is 7.33. The monoisotopic (exact) mass is 335 g/mol. The van der Waals surface area contributed by atoms with E-state index < -0.39 is 0 Å². The van der Waals surface area contributed by atoms with Crippen LogP contribution in [0.15, 0.2) is 49.1 Å². The largest absolute Gasteiger partial charge is 0.264 e. The van der Waals surface area contributed by atoms with Crippen LogP contribution >= 0.6 is 0 Å². The van der Waals surface area contributed by atoms with Gasteiger partial charge in [0.25, 0.3) is 0 Å². The van der Waals surface area contributed by atoms with Crippen LogP contribution in [-0.2, 0) is 0 Å². The fraction of sp³-hybridized carbons (Fsp3) is 0.318. The van der Waals surface area contributed by atoms with Crippen LogP contribution in [0.25, 0.3) is 0 Å². The number of nitrogens with zero attached hydrogens (tertiary/aromatic N) is 3. The van der Waals surface area contributed by atoms with Gasteiger partial charge in [-0.25, -0.2) is 0 Å². The van der Waals surface area contributed by atoms with Crippen molar-refractivity contribution < 1.29 is 0 Å². The maximum Gasteiger partial charge on any atom is 0.0404 e. The molecule has 0 radical (unpaired) electrons. The zero-order chi connectivity index (χ0) is 18.8. The van der Waals surface area contributed by atoms with E-state index in [1.165, 1.54) is 27.8 Å². The van der Waals surface area contributed by atoms with E-state index >= 15 is 0 Å². The molecule has 3 nitrogen and oxygen atoms in total. The second kappa shape index (κ2) is 10.3. The van der Waals surface area contributed by atoms with Gasteiger partial charge in [-0.2, -0.15) is 0 Å². The number of hydrogen-bond donors (Lipinski definition) is 0. The molecule has 0 spiro atoms. The Balaban J connectivity index is 0.000000188. The number of pyridine rings is 3. The molecule has 25 heavy (non-hydrogen) atoms. The molecule has 0 aliphatic rings. The molecule has 0 N–H and O–H groups in total. The molecule has 0 saturated carbocycles. The van der Waals surface area contributed by atoms with E-state index in [9.17, 15) is 0 Å². The molecule has 3 aromatic rings. The first-order valence-electron chi connectivity index (χ1n) is 8.47. The lowest BCUT2D eigenvalue weighted by Gasteiger charge is -1.99. The van der Waals surface area contributed by atoms with Crippen molar-refractivity contribution in [1.29, 1.82) is 0 Å². The van der Waals surface area contributed by atoms with Gasteiger partial charge < -0.3 is 0 Å². The zero-order valence-corrected chi connectivity index (χ0v) is 16.5. The van der Waals surface area contributed by atoms with Gasteiger partial charge in [-0.1, -0.05) is 6.07 Å². The molecular formula is C22H29N3. The van der Waals surface area contributed by atoms with Gasteiger partial charge in [0.2, 0.25) is 0 Å². The second-order valence-electron chi connectivity index (χ2n) is 6.20. The highest BCUT2D eigenvalue weighted by atomic mass is 14.7. The molecule has 0 saturated heterocycles. The fourth-order valence-electron chi connectivity index (χ4n) is 1.88. The lowest BCUT2D eigenvalue weighted by atomic mass is 10.1. The van der Waals surface area contributed by atoms with Crippen molar-refractivity contribution >= 4 is 0 Å². The smallest absolute Gasteiger partial charge is 0.0404 e. The number of aromatic nitrogens is 3. The molecule has 0 atom stereocenters. The fourth-order valence-corrected chi connectivity index (χ4v) is 1.88. The summed E-state index contributed by atoms with van der Waals surface area (Å²) < 4.78 is 0. The first-order valence-corrected chi connectivity index (χ1v) is 8.47. The summed E-state index contributed by atoms with van der Waals surface area (Å²) in [5.74, 6) is 0. The van der Waals surface area contributed by atoms with E-state index in [0.717, 1.165) is 11.4 Å². The molecule has 0 aromatic carbocycles. The SMILES string of the molecule is Cc1cccnc1C.Cc1ccnc(C)c1C.Cc1ccncc1C. The van der Waals surface area contributed by atoms with Crippen molar-refractivity contribution in [2.24, 2.45) is 0 Å². The average Bonchev–Trinajstić information content (AvgIpc) is 2.59. The lowest BCUT2D eigenvalue weighted by Crippen LogP contribution is -1.87. The van der Waals surface area contributed by atoms with Crippen molar-refractivity contribution in [1.82, 2.24) is 15.0 Å². The Labute approximate surface area is 152 Å². The van der Waals surface area contributed by atoms with Gasteiger partial charge in [0.15, 0.2) is 0 Å². The third-order valence-corrected chi connectivity index (χ3v) is 4.30. The van der Waals surface area contributed by atoms with Crippen molar-refractivity contribution in [2.45, 2.75) is 48.5 Å². The van der Waals surface area contributed by atoms with Crippen LogP contribution in [-0.4, -0.2) is 15.0 Å². The van der Waals surface area contributed by atoms with E-state index in [1.807, 2.05) is 56.8 Å². The molecule has 0 amide bonds. The first-order chi connectivity index (χ1) is 11.8. The maximum atomic E-state index is 4.14. The second-order valence-corrected chi connectivity index (χ2v) is 6.20. The normalized spacial score (nSPS) is 9.40. The summed E-state index contributed by atoms with van der Waals surface area (Å²) in [7, 11) is 0. The minimum Gasteiger partial charge on any atom is -0.264 e. The van der Waals surface area contributed by atoms with Gasteiger partial charge in [0.05, 0.1) is 0 Å². The van der Waals surface area contributed by atoms with Crippen molar-refractivity contribution in [3.63, 3.8) is 0 Å². The molecular weight excluding hydrogens is 306 g/mol. The highest BCUT2D eigenvalue weighted by molar-refractivity contribution is 5.25. The summed E-state index contributed by atoms with van der Waals surface area (Å²) in [6, 6.07) is 8.04. The summed E-state index contributed by atoms with van der Waals surface area (Å²) in [6.45, 7) is 14.4. The average molecular weight is 335 g/mol. The molecule has 3 aromatic heterocycles. The molecule has 132 valence electrons. The minimum absolute atomic E-state index is 1.12. The Hall–Kier alpha value is -2.55. The summed E-state index contributed by atoms with van der Waals surface area (Å²) in [4.78, 5) is 12.2. The molecule has 3 rings (SSSR count). The minimum atomic E-state index is 1.12. The summed E-state index contributed by atoms with van der Waals surface area (Å²) in [5.41, 5.74) is 8.70. The molecule has 0 aliphatic carbocycles. The van der Waals surface area contributed by atoms with Crippen molar-refractivity contribution in [2.75, 3.05) is 0 Å². The predicted octanol–water partition coefficient (Wildman–Crippen LogP) is 5.40. The van der Waals surface area contributed by atoms with E-state index in [-0.39, 0.29) is 0 Å². The molecule has 0 bridgehead atoms. The Bertz CT molecular complexity index is 689. The Morgan fingerprint density at radius 2 is 1.20 bits per heavy atom. The standard InChI is InChI=1S/C8H11N.2C7H9N/c1-6-4-5-9-8(3)7(6)2;1-6-3-4-8-5-7(6)2;1-6-4-3-5-8-7(6)2/h4-5H,1-3H3;2*3-5H,1-2H3. The van der Waals surface area contributed by atoms with E-state index in [4.69, 9.17) is 0 Å². The predicted molar refractivity (Wildman–Crippen MR) is 106 cm³/mol. The summed E-state index contributed by atoms with van der Waals surface area (Å²) in [5, 5.41) is 0. The van der Waals surface area contributed by atoms with Crippen molar-refractivity contribution in [3.8, 4) is 0 Å². The number of hydrogen-bond acceptors (Lipinski definition) is 3. The molecule has 0 aliphatic heterocycles. The van der Waals surface area contributed by atoms with Crippen LogP contribution < -0.4 is 0 Å². The number of aryl methyl sites for hydroxylation is 6. The quantitative estimate of drug-likeness (QED) is 0.552. The first kappa shape index (κ1) is 20.5. The van der Waals surface area contributed by atoms with Gasteiger partial charge in [-0.05, 0) is 94.5 Å². The summed E-state index contributed by atoms with van der Waals surface area (Å²) >= 11 is 0. The van der Waals surface area contributed by atoms with E-state index in [0.29, 0.717) is 0 Å². The van der Waals surface area contributed by atoms with Gasteiger partial charge in [-0.3, -0.25) is 15.0 Å². The Kier molecular flexibility index (Phi) is 8.48. The molecule has 0 unspecified atom stereocenters. The van der Waals surface area contributed by atoms with Gasteiger partial charge in [0, 0.05) is 36.2 Å². The van der Waals surface area contributed by atoms with Crippen LogP contribution in [0.5, 0.6) is 0 Å². The van der Waals surface area contributed by atoms with Crippen LogP contribution in [0.4, 0.5) is 0 Å². The van der Waals surface area contributed by atoms with Crippen LogP contribution in [0.3, 0.4) is 0 Å². The maximum absolute atomic E-state index is 4.14. The van der Waals surface area contributed by atoms with Crippen LogP contribution in [0.1, 0.15) is 39.2 Å². The van der Waals surface area contributed by atoms with Gasteiger partial charge in [-0.15, -0.1) is 0 Å². The Morgan fingerprint density at radius 1 is 0.560 bits per heavy atom. The molecule has 3 heteroatoms. The van der Waals surface area contributed by atoms with E-state index in [1.54, 1.807) is 0 Å². The third-order valence-electron chi connectivity index (χ3n) is 4.30. The molecule has 3 heterocycles. The van der Waals surface area contributed by atoms with Crippen LogP contribution in [0.2, 0.25) is 0 Å². The van der Waals surface area contributed by atoms with E-state index in [2.05, 4.69) is 55.6 Å². The third kappa shape index (κ3) is 7.25. The van der Waals surface area contributed by atoms with Crippen molar-refractivity contribution in [3.05, 3.63) is 88.3 Å². The van der Waals surface area contributed by atoms with Gasteiger partial charge in [0.1, 0.15) is 0 Å². The highest BCUT2D eigenvalue weighted by Gasteiger charge is 1.93. The Morgan fingerprint density at radius 3 is 1.60 bits per heavy atom.